The van der Waals surface area contributed by atoms with Crippen LogP contribution in [0.15, 0.2) is 48.5 Å². The van der Waals surface area contributed by atoms with Crippen molar-refractivity contribution < 1.29 is 9.53 Å². The van der Waals surface area contributed by atoms with Crippen LogP contribution in [0, 0.1) is 6.92 Å². The first-order valence-electron chi connectivity index (χ1n) is 7.90. The van der Waals surface area contributed by atoms with Crippen molar-refractivity contribution in [1.82, 2.24) is 0 Å². The summed E-state index contributed by atoms with van der Waals surface area (Å²) >= 11 is 0. The molecule has 0 aliphatic heterocycles. The van der Waals surface area contributed by atoms with Crippen LogP contribution in [-0.2, 0) is 4.79 Å². The minimum absolute atomic E-state index is 0.0105. The summed E-state index contributed by atoms with van der Waals surface area (Å²) in [5.41, 5.74) is 2.90. The van der Waals surface area contributed by atoms with E-state index >= 15 is 0 Å². The maximum atomic E-state index is 12.0. The smallest absolute Gasteiger partial charge is 0.226 e. The Hall–Kier alpha value is -2.49. The van der Waals surface area contributed by atoms with Gasteiger partial charge >= 0.3 is 0 Å². The van der Waals surface area contributed by atoms with Crippen molar-refractivity contribution in [1.29, 1.82) is 0 Å². The van der Waals surface area contributed by atoms with Crippen molar-refractivity contribution in [2.24, 2.45) is 0 Å². The normalized spacial score (nSPS) is 10.4. The van der Waals surface area contributed by atoms with E-state index in [0.29, 0.717) is 13.0 Å². The Bertz CT molecular complexity index is 636. The minimum Gasteiger partial charge on any atom is -0.489 e. The molecule has 122 valence electrons. The van der Waals surface area contributed by atoms with Gasteiger partial charge in [0.05, 0.1) is 11.8 Å². The summed E-state index contributed by atoms with van der Waals surface area (Å²) in [7, 11) is 0. The molecule has 0 aliphatic carbocycles. The molecular formula is C19H24N2O2. The lowest BCUT2D eigenvalue weighted by Crippen LogP contribution is -2.16. The van der Waals surface area contributed by atoms with E-state index in [4.69, 9.17) is 4.74 Å². The molecule has 0 heterocycles. The molecule has 0 atom stereocenters. The molecule has 0 unspecified atom stereocenters. The Balaban J connectivity index is 1.82. The fourth-order valence-electron chi connectivity index (χ4n) is 2.14. The van der Waals surface area contributed by atoms with Gasteiger partial charge in [0.15, 0.2) is 0 Å². The van der Waals surface area contributed by atoms with Crippen molar-refractivity contribution in [2.45, 2.75) is 33.3 Å². The Kier molecular flexibility index (Phi) is 6.03. The van der Waals surface area contributed by atoms with E-state index in [1.807, 2.05) is 69.3 Å². The van der Waals surface area contributed by atoms with Crippen LogP contribution >= 0.6 is 0 Å². The van der Waals surface area contributed by atoms with Gasteiger partial charge in [0.1, 0.15) is 5.75 Å². The van der Waals surface area contributed by atoms with Crippen LogP contribution in [0.1, 0.15) is 25.8 Å². The molecule has 0 aliphatic rings. The lowest BCUT2D eigenvalue weighted by molar-refractivity contribution is -0.115. The van der Waals surface area contributed by atoms with Gasteiger partial charge in [-0.05, 0) is 45.0 Å². The van der Waals surface area contributed by atoms with Crippen LogP contribution in [0.4, 0.5) is 11.4 Å². The fraction of sp³-hybridized carbons (Fsp3) is 0.316. The number of hydrogen-bond acceptors (Lipinski definition) is 3. The first-order chi connectivity index (χ1) is 11.0. The lowest BCUT2D eigenvalue weighted by Gasteiger charge is -2.15. The van der Waals surface area contributed by atoms with Crippen molar-refractivity contribution in [3.8, 4) is 5.75 Å². The highest BCUT2D eigenvalue weighted by molar-refractivity contribution is 5.91. The predicted octanol–water partition coefficient (Wildman–Crippen LogP) is 4.22. The van der Waals surface area contributed by atoms with Crippen molar-refractivity contribution in [3.63, 3.8) is 0 Å². The van der Waals surface area contributed by atoms with E-state index in [-0.39, 0.29) is 12.0 Å². The molecule has 0 saturated carbocycles. The number of aryl methyl sites for hydroxylation is 1. The highest BCUT2D eigenvalue weighted by Crippen LogP contribution is 2.24. The first kappa shape index (κ1) is 16.9. The van der Waals surface area contributed by atoms with E-state index in [1.54, 1.807) is 0 Å². The van der Waals surface area contributed by atoms with Gasteiger partial charge in [-0.2, -0.15) is 0 Å². The number of carbonyl (C=O) groups excluding carboxylic acids is 1. The second kappa shape index (κ2) is 8.22. The van der Waals surface area contributed by atoms with Gasteiger partial charge in [0, 0.05) is 18.7 Å². The molecule has 2 N–H and O–H groups in total. The van der Waals surface area contributed by atoms with Crippen molar-refractivity contribution in [3.05, 3.63) is 54.1 Å². The number of rotatable bonds is 7. The summed E-state index contributed by atoms with van der Waals surface area (Å²) in [4.78, 5) is 12.0. The average molecular weight is 312 g/mol. The molecule has 23 heavy (non-hydrogen) atoms. The summed E-state index contributed by atoms with van der Waals surface area (Å²) in [6.07, 6.45) is 0.506. The first-order valence-corrected chi connectivity index (χ1v) is 7.90. The highest BCUT2D eigenvalue weighted by atomic mass is 16.5. The molecule has 0 bridgehead atoms. The number of ether oxygens (including phenoxy) is 1. The van der Waals surface area contributed by atoms with Gasteiger partial charge in [0.25, 0.3) is 0 Å². The number of benzene rings is 2. The number of carbonyl (C=O) groups is 1. The molecule has 0 aromatic heterocycles. The summed E-state index contributed by atoms with van der Waals surface area (Å²) in [6.45, 7) is 6.56. The van der Waals surface area contributed by atoms with Crippen LogP contribution in [-0.4, -0.2) is 18.6 Å². The van der Waals surface area contributed by atoms with Gasteiger partial charge < -0.3 is 15.4 Å². The largest absolute Gasteiger partial charge is 0.489 e. The predicted molar refractivity (Wildman–Crippen MR) is 95.1 cm³/mol. The summed E-state index contributed by atoms with van der Waals surface area (Å²) in [5, 5.41) is 6.15. The van der Waals surface area contributed by atoms with Crippen molar-refractivity contribution >= 4 is 17.3 Å². The zero-order valence-corrected chi connectivity index (χ0v) is 13.9. The third-order valence-corrected chi connectivity index (χ3v) is 3.25. The fourth-order valence-corrected chi connectivity index (χ4v) is 2.14. The topological polar surface area (TPSA) is 50.4 Å². The molecule has 4 nitrogen and oxygen atoms in total. The Morgan fingerprint density at radius 2 is 1.78 bits per heavy atom. The van der Waals surface area contributed by atoms with Crippen LogP contribution in [0.5, 0.6) is 5.75 Å². The number of nitrogens with one attached hydrogen (secondary N) is 2. The average Bonchev–Trinajstić information content (AvgIpc) is 2.51. The van der Waals surface area contributed by atoms with Gasteiger partial charge in [-0.25, -0.2) is 0 Å². The minimum atomic E-state index is -0.0105. The Labute approximate surface area is 137 Å². The van der Waals surface area contributed by atoms with E-state index in [2.05, 4.69) is 10.6 Å². The van der Waals surface area contributed by atoms with Crippen LogP contribution in [0.2, 0.25) is 0 Å². The molecule has 2 rings (SSSR count). The van der Waals surface area contributed by atoms with Crippen LogP contribution in [0.25, 0.3) is 0 Å². The molecule has 4 heteroatoms. The third kappa shape index (κ3) is 5.66. The zero-order valence-electron chi connectivity index (χ0n) is 13.9. The van der Waals surface area contributed by atoms with Crippen LogP contribution in [0.3, 0.4) is 0 Å². The van der Waals surface area contributed by atoms with Crippen LogP contribution < -0.4 is 15.4 Å². The monoisotopic (exact) mass is 312 g/mol. The van der Waals surface area contributed by atoms with Crippen molar-refractivity contribution in [2.75, 3.05) is 17.2 Å². The number of anilines is 2. The lowest BCUT2D eigenvalue weighted by atomic mass is 10.2. The molecule has 2 aromatic carbocycles. The molecule has 0 spiro atoms. The second-order valence-electron chi connectivity index (χ2n) is 5.75. The third-order valence-electron chi connectivity index (χ3n) is 3.25. The SMILES string of the molecule is Cc1ccc(NC(=O)CCNc2ccccc2OC(C)C)cc1. The second-order valence-corrected chi connectivity index (χ2v) is 5.75. The highest BCUT2D eigenvalue weighted by Gasteiger charge is 2.06. The zero-order chi connectivity index (χ0) is 16.7. The molecule has 0 fully saturated rings. The Morgan fingerprint density at radius 3 is 2.48 bits per heavy atom. The molecule has 0 saturated heterocycles. The maximum absolute atomic E-state index is 12.0. The number of para-hydroxylation sites is 2. The molecule has 1 amide bonds. The molecular weight excluding hydrogens is 288 g/mol. The van der Waals surface area contributed by atoms with E-state index in [1.165, 1.54) is 5.56 Å². The summed E-state index contributed by atoms with van der Waals surface area (Å²) in [6, 6.07) is 15.5. The van der Waals surface area contributed by atoms with Gasteiger partial charge in [-0.15, -0.1) is 0 Å². The summed E-state index contributed by atoms with van der Waals surface area (Å²) < 4.78 is 5.75. The maximum Gasteiger partial charge on any atom is 0.226 e. The van der Waals surface area contributed by atoms with Gasteiger partial charge in [0.2, 0.25) is 5.91 Å². The quantitative estimate of drug-likeness (QED) is 0.804. The molecule has 2 aromatic rings. The summed E-state index contributed by atoms with van der Waals surface area (Å²) in [5.74, 6) is 0.796. The van der Waals surface area contributed by atoms with E-state index in [0.717, 1.165) is 17.1 Å². The van der Waals surface area contributed by atoms with E-state index < -0.39 is 0 Å². The standard InChI is InChI=1S/C19H24N2O2/c1-14(2)23-18-7-5-4-6-17(18)20-13-12-19(22)21-16-10-8-15(3)9-11-16/h4-11,14,20H,12-13H2,1-3H3,(H,21,22). The number of amides is 1. The molecule has 0 radical (unpaired) electrons. The Morgan fingerprint density at radius 1 is 1.09 bits per heavy atom. The van der Waals surface area contributed by atoms with Gasteiger partial charge in [-0.3, -0.25) is 4.79 Å². The number of hydrogen-bond donors (Lipinski definition) is 2. The van der Waals surface area contributed by atoms with E-state index in [9.17, 15) is 4.79 Å². The van der Waals surface area contributed by atoms with Gasteiger partial charge in [-0.1, -0.05) is 29.8 Å².